The number of ether oxygens (including phenoxy) is 1. The number of fused-ring (bicyclic) bond motifs is 1. The summed E-state index contributed by atoms with van der Waals surface area (Å²) in [6.07, 6.45) is 9.14. The minimum Gasteiger partial charge on any atom is -0.454 e. The third-order valence-corrected chi connectivity index (χ3v) is 5.71. The van der Waals surface area contributed by atoms with E-state index in [-0.39, 0.29) is 42.2 Å². The Labute approximate surface area is 153 Å². The summed E-state index contributed by atoms with van der Waals surface area (Å²) < 4.78 is 4.98. The van der Waals surface area contributed by atoms with Crippen LogP contribution in [0.15, 0.2) is 12.2 Å². The molecule has 0 aromatic rings. The molecule has 0 radical (unpaired) electrons. The molecule has 0 unspecified atom stereocenters. The molecule has 3 amide bonds. The van der Waals surface area contributed by atoms with Crippen molar-refractivity contribution >= 4 is 23.7 Å². The summed E-state index contributed by atoms with van der Waals surface area (Å²) in [5, 5.41) is 2.90. The van der Waals surface area contributed by atoms with Gasteiger partial charge in [0.1, 0.15) is 6.54 Å². The van der Waals surface area contributed by atoms with E-state index in [1.54, 1.807) is 0 Å². The van der Waals surface area contributed by atoms with Gasteiger partial charge in [0, 0.05) is 6.04 Å². The van der Waals surface area contributed by atoms with Crippen molar-refractivity contribution in [3.8, 4) is 0 Å². The largest absolute Gasteiger partial charge is 0.454 e. The summed E-state index contributed by atoms with van der Waals surface area (Å²) in [5.41, 5.74) is 0. The highest BCUT2D eigenvalue weighted by Crippen LogP contribution is 2.34. The molecule has 2 aliphatic carbocycles. The molecular weight excluding hydrogens is 336 g/mol. The average Bonchev–Trinajstić information content (AvgIpc) is 2.87. The van der Waals surface area contributed by atoms with Crippen LogP contribution in [0.3, 0.4) is 0 Å². The Kier molecular flexibility index (Phi) is 5.74. The van der Waals surface area contributed by atoms with Crippen LogP contribution in [-0.4, -0.2) is 47.8 Å². The second-order valence-electron chi connectivity index (χ2n) is 7.51. The van der Waals surface area contributed by atoms with Crippen LogP contribution in [0.2, 0.25) is 0 Å². The Bertz CT molecular complexity index is 603. The van der Waals surface area contributed by atoms with E-state index in [2.05, 4.69) is 12.2 Å². The summed E-state index contributed by atoms with van der Waals surface area (Å²) in [6.45, 7) is 1.31. The monoisotopic (exact) mass is 362 g/mol. The summed E-state index contributed by atoms with van der Waals surface area (Å²) >= 11 is 0. The van der Waals surface area contributed by atoms with Crippen molar-refractivity contribution in [1.82, 2.24) is 10.2 Å². The van der Waals surface area contributed by atoms with Crippen LogP contribution in [0.1, 0.15) is 45.4 Å². The number of nitrogens with zero attached hydrogens (tertiary/aromatic N) is 1. The molecule has 0 bridgehead atoms. The van der Waals surface area contributed by atoms with E-state index in [0.29, 0.717) is 18.8 Å². The highest BCUT2D eigenvalue weighted by molar-refractivity contribution is 6.07. The van der Waals surface area contributed by atoms with Crippen LogP contribution in [0.25, 0.3) is 0 Å². The molecule has 3 aliphatic rings. The van der Waals surface area contributed by atoms with E-state index in [1.807, 2.05) is 12.2 Å². The van der Waals surface area contributed by atoms with Gasteiger partial charge in [-0.3, -0.25) is 24.1 Å². The van der Waals surface area contributed by atoms with Gasteiger partial charge in [0.05, 0.1) is 11.8 Å². The third-order valence-electron chi connectivity index (χ3n) is 5.71. The molecule has 1 heterocycles. The number of carbonyl (C=O) groups is 4. The van der Waals surface area contributed by atoms with Crippen molar-refractivity contribution in [1.29, 1.82) is 0 Å². The molecule has 2 fully saturated rings. The fourth-order valence-corrected chi connectivity index (χ4v) is 4.12. The zero-order valence-corrected chi connectivity index (χ0v) is 15.1. The van der Waals surface area contributed by atoms with Gasteiger partial charge in [-0.25, -0.2) is 0 Å². The van der Waals surface area contributed by atoms with Crippen molar-refractivity contribution in [2.45, 2.75) is 51.5 Å². The quantitative estimate of drug-likeness (QED) is 0.450. The Hall–Kier alpha value is -2.18. The van der Waals surface area contributed by atoms with E-state index in [1.165, 1.54) is 6.42 Å². The van der Waals surface area contributed by atoms with E-state index in [0.717, 1.165) is 24.2 Å². The van der Waals surface area contributed by atoms with Gasteiger partial charge in [0.2, 0.25) is 11.8 Å². The van der Waals surface area contributed by atoms with Crippen LogP contribution in [0.4, 0.5) is 0 Å². The molecule has 1 N–H and O–H groups in total. The molecule has 142 valence electrons. The van der Waals surface area contributed by atoms with Crippen LogP contribution in [0.5, 0.6) is 0 Å². The summed E-state index contributed by atoms with van der Waals surface area (Å²) in [4.78, 5) is 49.6. The van der Waals surface area contributed by atoms with E-state index < -0.39 is 12.5 Å². The predicted molar refractivity (Wildman–Crippen MR) is 92.6 cm³/mol. The molecular formula is C19H26N2O5. The Morgan fingerprint density at radius 3 is 2.35 bits per heavy atom. The molecule has 7 heteroatoms. The first-order valence-corrected chi connectivity index (χ1v) is 9.42. The molecule has 1 aliphatic heterocycles. The lowest BCUT2D eigenvalue weighted by Crippen LogP contribution is -2.43. The first kappa shape index (κ1) is 18.6. The summed E-state index contributed by atoms with van der Waals surface area (Å²) in [7, 11) is 0. The smallest absolute Gasteiger partial charge is 0.326 e. The number of hydrogen-bond donors (Lipinski definition) is 1. The number of hydrogen-bond acceptors (Lipinski definition) is 5. The summed E-state index contributed by atoms with van der Waals surface area (Å²) in [6, 6.07) is 0.118. The van der Waals surface area contributed by atoms with Crippen molar-refractivity contribution < 1.29 is 23.9 Å². The van der Waals surface area contributed by atoms with E-state index >= 15 is 0 Å². The first-order valence-electron chi connectivity index (χ1n) is 9.42. The molecule has 0 aromatic heterocycles. The molecule has 7 nitrogen and oxygen atoms in total. The number of carbonyl (C=O) groups excluding carboxylic acids is 4. The Balaban J connectivity index is 1.45. The fraction of sp³-hybridized carbons (Fsp3) is 0.684. The lowest BCUT2D eigenvalue weighted by atomic mass is 9.85. The van der Waals surface area contributed by atoms with Crippen LogP contribution in [0, 0.1) is 17.8 Å². The highest BCUT2D eigenvalue weighted by Gasteiger charge is 2.47. The highest BCUT2D eigenvalue weighted by atomic mass is 16.5. The van der Waals surface area contributed by atoms with E-state index in [4.69, 9.17) is 4.74 Å². The number of esters is 1. The molecule has 0 spiro atoms. The molecule has 1 saturated carbocycles. The molecule has 3 rings (SSSR count). The van der Waals surface area contributed by atoms with Gasteiger partial charge in [0.15, 0.2) is 6.61 Å². The van der Waals surface area contributed by atoms with Crippen LogP contribution >= 0.6 is 0 Å². The van der Waals surface area contributed by atoms with Gasteiger partial charge in [-0.05, 0) is 31.6 Å². The molecule has 1 saturated heterocycles. The zero-order valence-electron chi connectivity index (χ0n) is 15.1. The number of amides is 3. The van der Waals surface area contributed by atoms with Gasteiger partial charge in [-0.1, -0.05) is 31.9 Å². The number of nitrogens with one attached hydrogen (secondary N) is 1. The number of likely N-dealkylation sites (tertiary alicyclic amines) is 1. The number of rotatable bonds is 5. The first-order chi connectivity index (χ1) is 12.5. The van der Waals surface area contributed by atoms with Gasteiger partial charge >= 0.3 is 5.97 Å². The summed E-state index contributed by atoms with van der Waals surface area (Å²) in [5.74, 6) is -2.02. The second-order valence-corrected chi connectivity index (χ2v) is 7.51. The third kappa shape index (κ3) is 3.97. The second kappa shape index (κ2) is 8.01. The van der Waals surface area contributed by atoms with Gasteiger partial charge in [-0.2, -0.15) is 0 Å². The van der Waals surface area contributed by atoms with Crippen molar-refractivity contribution in [2.75, 3.05) is 13.2 Å². The van der Waals surface area contributed by atoms with Gasteiger partial charge in [-0.15, -0.1) is 0 Å². The Morgan fingerprint density at radius 1 is 1.12 bits per heavy atom. The Morgan fingerprint density at radius 2 is 1.73 bits per heavy atom. The van der Waals surface area contributed by atoms with E-state index in [9.17, 15) is 19.2 Å². The number of imide groups is 1. The topological polar surface area (TPSA) is 92.8 Å². The van der Waals surface area contributed by atoms with Crippen molar-refractivity contribution in [3.05, 3.63) is 12.2 Å². The average molecular weight is 362 g/mol. The zero-order chi connectivity index (χ0) is 18.7. The van der Waals surface area contributed by atoms with Crippen molar-refractivity contribution in [3.63, 3.8) is 0 Å². The van der Waals surface area contributed by atoms with Crippen molar-refractivity contribution in [2.24, 2.45) is 17.8 Å². The maximum absolute atomic E-state index is 12.3. The van der Waals surface area contributed by atoms with Gasteiger partial charge < -0.3 is 10.1 Å². The number of allylic oxidation sites excluding steroid dienone is 2. The lowest BCUT2D eigenvalue weighted by molar-refractivity contribution is -0.155. The molecule has 4 atom stereocenters. The van der Waals surface area contributed by atoms with Crippen LogP contribution in [-0.2, 0) is 23.9 Å². The molecule has 0 aromatic carbocycles. The minimum atomic E-state index is -0.731. The maximum atomic E-state index is 12.3. The standard InChI is InChI=1S/C19H26N2O5/c1-12-6-2-5-9-15(12)20-16(22)11-26-17(23)10-21-18(24)13-7-3-4-8-14(13)19(21)25/h3-4,12-15H,2,5-11H2,1H3,(H,20,22)/t12-,13-,14+,15+/m0/s1. The van der Waals surface area contributed by atoms with Crippen LogP contribution < -0.4 is 5.32 Å². The van der Waals surface area contributed by atoms with Gasteiger partial charge in [0.25, 0.3) is 5.91 Å². The normalized spacial score (nSPS) is 30.9. The SMILES string of the molecule is C[C@H]1CCCC[C@H]1NC(=O)COC(=O)CN1C(=O)[C@H]2CC=CC[C@H]2C1=O. The predicted octanol–water partition coefficient (Wildman–Crippen LogP) is 1.18. The fourth-order valence-electron chi connectivity index (χ4n) is 4.12. The maximum Gasteiger partial charge on any atom is 0.326 e. The minimum absolute atomic E-state index is 0.118. The lowest BCUT2D eigenvalue weighted by Gasteiger charge is -2.29. The molecule has 26 heavy (non-hydrogen) atoms.